The molecule has 0 aromatic carbocycles. The molecule has 0 unspecified atom stereocenters. The smallest absolute Gasteiger partial charge is 0.442 e. The molecule has 0 saturated heterocycles. The van der Waals surface area contributed by atoms with Crippen LogP contribution < -0.4 is 16.4 Å². The van der Waals surface area contributed by atoms with Gasteiger partial charge in [0.2, 0.25) is 0 Å². The third-order valence-electron chi connectivity index (χ3n) is 3.17. The Bertz CT molecular complexity index is 938. The van der Waals surface area contributed by atoms with Crippen LogP contribution in [0.2, 0.25) is 0 Å². The first-order valence-corrected chi connectivity index (χ1v) is 10.5. The lowest BCUT2D eigenvalue weighted by molar-refractivity contribution is 0.158. The molecule has 2 heterocycles. The summed E-state index contributed by atoms with van der Waals surface area (Å²) < 4.78 is 9.00. The van der Waals surface area contributed by atoms with Crippen molar-refractivity contribution in [3.05, 3.63) is 47.8 Å². The highest BCUT2D eigenvalue weighted by Crippen LogP contribution is 2.04. The van der Waals surface area contributed by atoms with Crippen molar-refractivity contribution in [1.82, 2.24) is 15.3 Å². The van der Waals surface area contributed by atoms with Crippen molar-refractivity contribution in [2.45, 2.75) is 27.1 Å². The second-order valence-corrected chi connectivity index (χ2v) is 6.25. The highest BCUT2D eigenvalue weighted by atomic mass is 32.1. The molecule has 2 amide bonds. The summed E-state index contributed by atoms with van der Waals surface area (Å²) in [5, 5.41) is 24.4. The molecule has 2 aromatic heterocycles. The number of aromatic nitrogens is 2. The number of carbonyl (C=O) groups is 2. The number of pyridine rings is 2. The van der Waals surface area contributed by atoms with E-state index < -0.39 is 12.2 Å². The number of nitrogens with one attached hydrogen (secondary N) is 2. The number of hydrogen-bond acceptors (Lipinski definition) is 11. The van der Waals surface area contributed by atoms with E-state index in [-0.39, 0.29) is 24.9 Å². The van der Waals surface area contributed by atoms with Gasteiger partial charge in [-0.25, -0.2) is 19.6 Å². The standard InChI is InChI=1S/C10H13N3O3S.C6H8N2O.C4H5NO2S/c1-2-16-10(15)13-9(17)12-8-4-3-7(6-14)5-11-8;7-6-2-1-5(4-9)3-8-6;1-2-7-4(6)5-3-8/h3-5,14H,2,6H2,1H3,(H2,11,12,13,15,17);1-3,9H,4H2,(H2,7,8);2H2,1H3. The molecule has 0 atom stereocenters. The molecule has 2 aromatic rings. The summed E-state index contributed by atoms with van der Waals surface area (Å²) in [6.45, 7) is 3.94. The predicted molar refractivity (Wildman–Crippen MR) is 133 cm³/mol. The lowest BCUT2D eigenvalue weighted by atomic mass is 10.3. The van der Waals surface area contributed by atoms with Gasteiger partial charge in [0, 0.05) is 12.4 Å². The number of aliphatic hydroxyl groups is 2. The van der Waals surface area contributed by atoms with E-state index in [9.17, 15) is 9.59 Å². The van der Waals surface area contributed by atoms with Crippen molar-refractivity contribution >= 4 is 58.5 Å². The normalized spacial score (nSPS) is 8.94. The third-order valence-corrected chi connectivity index (χ3v) is 3.47. The molecule has 0 spiro atoms. The summed E-state index contributed by atoms with van der Waals surface area (Å²) in [6, 6.07) is 6.74. The minimum Gasteiger partial charge on any atom is -0.450 e. The minimum absolute atomic E-state index is 0.0211. The number of isothiocyanates is 1. The Balaban J connectivity index is 0.000000538. The van der Waals surface area contributed by atoms with E-state index in [1.165, 1.54) is 6.20 Å². The van der Waals surface area contributed by atoms with Gasteiger partial charge < -0.3 is 30.7 Å². The topological polar surface area (TPSA) is 181 Å². The second-order valence-electron chi connectivity index (χ2n) is 5.66. The lowest BCUT2D eigenvalue weighted by Crippen LogP contribution is -2.34. The number of alkyl carbamates (subject to hydrolysis) is 1. The Kier molecular flexibility index (Phi) is 17.0. The Morgan fingerprint density at radius 2 is 1.65 bits per heavy atom. The van der Waals surface area contributed by atoms with Crippen molar-refractivity contribution in [3.63, 3.8) is 0 Å². The molecule has 0 saturated carbocycles. The SMILES string of the molecule is CCOC(=O)N=C=S.CCOC(=O)NC(=S)Nc1ccc(CO)cn1.Nc1ccc(CO)cn1. The number of aliphatic imine (C=N–C) groups is 1. The van der Waals surface area contributed by atoms with Crippen molar-refractivity contribution in [1.29, 1.82) is 0 Å². The van der Waals surface area contributed by atoms with E-state index in [1.807, 2.05) is 5.16 Å². The van der Waals surface area contributed by atoms with Crippen LogP contribution in [0.1, 0.15) is 25.0 Å². The van der Waals surface area contributed by atoms with Crippen LogP contribution in [0.5, 0.6) is 0 Å². The first-order chi connectivity index (χ1) is 16.3. The molecule has 14 heteroatoms. The number of amides is 2. The lowest BCUT2D eigenvalue weighted by Gasteiger charge is -2.08. The summed E-state index contributed by atoms with van der Waals surface area (Å²) >= 11 is 9.00. The van der Waals surface area contributed by atoms with Crippen LogP contribution >= 0.6 is 24.4 Å². The van der Waals surface area contributed by atoms with Crippen molar-refractivity contribution in [2.24, 2.45) is 4.99 Å². The van der Waals surface area contributed by atoms with Gasteiger partial charge >= 0.3 is 12.2 Å². The molecular formula is C20H26N6O6S2. The Morgan fingerprint density at radius 1 is 1.06 bits per heavy atom. The van der Waals surface area contributed by atoms with Crippen molar-refractivity contribution < 1.29 is 29.3 Å². The molecular weight excluding hydrogens is 484 g/mol. The van der Waals surface area contributed by atoms with Gasteiger partial charge in [0.15, 0.2) is 5.11 Å². The summed E-state index contributed by atoms with van der Waals surface area (Å²) in [4.78, 5) is 31.9. The molecule has 0 fully saturated rings. The van der Waals surface area contributed by atoms with E-state index in [0.717, 1.165) is 5.56 Å². The first-order valence-electron chi connectivity index (χ1n) is 9.65. The average molecular weight is 511 g/mol. The molecule has 0 radical (unpaired) electrons. The van der Waals surface area contributed by atoms with Gasteiger partial charge in [-0.3, -0.25) is 5.32 Å². The van der Waals surface area contributed by atoms with Crippen molar-refractivity contribution in [3.8, 4) is 0 Å². The maximum Gasteiger partial charge on any atom is 0.442 e. The maximum atomic E-state index is 11.0. The molecule has 0 aliphatic rings. The van der Waals surface area contributed by atoms with Gasteiger partial charge in [0.1, 0.15) is 11.6 Å². The molecule has 0 aliphatic carbocycles. The zero-order valence-electron chi connectivity index (χ0n) is 18.6. The molecule has 2 rings (SSSR count). The summed E-state index contributed by atoms with van der Waals surface area (Å²) in [5.74, 6) is 0.955. The summed E-state index contributed by atoms with van der Waals surface area (Å²) in [6.07, 6.45) is 1.77. The van der Waals surface area contributed by atoms with Gasteiger partial charge in [-0.2, -0.15) is 0 Å². The fraction of sp³-hybridized carbons (Fsp3) is 0.300. The molecule has 0 bridgehead atoms. The van der Waals surface area contributed by atoms with Crippen LogP contribution in [-0.4, -0.2) is 55.9 Å². The Labute approximate surface area is 207 Å². The minimum atomic E-state index is -0.678. The number of carbonyl (C=O) groups excluding carboxylic acids is 2. The number of nitrogen functional groups attached to an aromatic ring is 1. The highest BCUT2D eigenvalue weighted by Gasteiger charge is 2.05. The van der Waals surface area contributed by atoms with Crippen molar-refractivity contribution in [2.75, 3.05) is 24.3 Å². The number of rotatable bonds is 5. The zero-order valence-corrected chi connectivity index (χ0v) is 20.2. The van der Waals surface area contributed by atoms with Crippen LogP contribution in [-0.2, 0) is 22.7 Å². The monoisotopic (exact) mass is 510 g/mol. The average Bonchev–Trinajstić information content (AvgIpc) is 2.81. The predicted octanol–water partition coefficient (Wildman–Crippen LogP) is 2.42. The first kappa shape index (κ1) is 30.4. The van der Waals surface area contributed by atoms with E-state index in [2.05, 4.69) is 47.3 Å². The fourth-order valence-electron chi connectivity index (χ4n) is 1.72. The van der Waals surface area contributed by atoms with E-state index in [4.69, 9.17) is 28.2 Å². The Morgan fingerprint density at radius 3 is 2.09 bits per heavy atom. The van der Waals surface area contributed by atoms with Crippen LogP contribution in [0.25, 0.3) is 0 Å². The van der Waals surface area contributed by atoms with Crippen LogP contribution in [0, 0.1) is 0 Å². The number of nitrogens with two attached hydrogens (primary N) is 1. The highest BCUT2D eigenvalue weighted by molar-refractivity contribution is 7.80. The fourth-order valence-corrected chi connectivity index (χ4v) is 1.98. The molecule has 34 heavy (non-hydrogen) atoms. The van der Waals surface area contributed by atoms with Crippen LogP contribution in [0.4, 0.5) is 21.2 Å². The number of hydrogen-bond donors (Lipinski definition) is 5. The van der Waals surface area contributed by atoms with Gasteiger partial charge in [-0.15, -0.1) is 4.99 Å². The van der Waals surface area contributed by atoms with Gasteiger partial charge in [0.25, 0.3) is 0 Å². The molecule has 184 valence electrons. The molecule has 6 N–H and O–H groups in total. The zero-order chi connectivity index (χ0) is 25.8. The van der Waals surface area contributed by atoms with Crippen LogP contribution in [0.3, 0.4) is 0 Å². The number of ether oxygens (including phenoxy) is 2. The second kappa shape index (κ2) is 19.0. The number of thiocarbonyl (C=S) groups is 2. The third kappa shape index (κ3) is 15.3. The van der Waals surface area contributed by atoms with E-state index in [0.29, 0.717) is 23.8 Å². The largest absolute Gasteiger partial charge is 0.450 e. The number of anilines is 2. The van der Waals surface area contributed by atoms with Crippen LogP contribution in [0.15, 0.2) is 41.7 Å². The van der Waals surface area contributed by atoms with Gasteiger partial charge in [-0.1, -0.05) is 12.1 Å². The van der Waals surface area contributed by atoms with Gasteiger partial charge in [-0.05, 0) is 61.5 Å². The van der Waals surface area contributed by atoms with Gasteiger partial charge in [0.05, 0.1) is 31.6 Å². The van der Waals surface area contributed by atoms with E-state index >= 15 is 0 Å². The maximum absolute atomic E-state index is 11.0. The summed E-state index contributed by atoms with van der Waals surface area (Å²) in [7, 11) is 0. The van der Waals surface area contributed by atoms with E-state index in [1.54, 1.807) is 44.3 Å². The quantitative estimate of drug-likeness (QED) is 0.293. The number of nitrogens with zero attached hydrogens (tertiary/aromatic N) is 3. The summed E-state index contributed by atoms with van der Waals surface area (Å²) in [5.41, 5.74) is 6.76. The molecule has 0 aliphatic heterocycles. The number of aliphatic hydroxyl groups excluding tert-OH is 2. The molecule has 12 nitrogen and oxygen atoms in total. The Hall–Kier alpha value is -3.55.